The molecule has 1 aromatic rings. The Kier molecular flexibility index (Phi) is 5.87. The molecule has 0 aliphatic rings. The monoisotopic (exact) mass is 273 g/mol. The molecular formula is C10H12ClF4NO. The minimum absolute atomic E-state index is 0. The maximum absolute atomic E-state index is 12.9. The first-order valence-corrected chi connectivity index (χ1v) is 4.59. The van der Waals surface area contributed by atoms with Gasteiger partial charge in [-0.2, -0.15) is 13.2 Å². The van der Waals surface area contributed by atoms with Crippen LogP contribution in [0.1, 0.15) is 23.6 Å². The molecule has 7 heteroatoms. The molecule has 1 rings (SSSR count). The van der Waals surface area contributed by atoms with Gasteiger partial charge in [-0.15, -0.1) is 12.4 Å². The Hall–Kier alpha value is -0.850. The Morgan fingerprint density at radius 2 is 1.88 bits per heavy atom. The van der Waals surface area contributed by atoms with Crippen LogP contribution >= 0.6 is 12.4 Å². The molecule has 0 fully saturated rings. The van der Waals surface area contributed by atoms with Crippen LogP contribution in [0, 0.1) is 5.82 Å². The second-order valence-corrected chi connectivity index (χ2v) is 3.35. The predicted molar refractivity (Wildman–Crippen MR) is 57.3 cm³/mol. The van der Waals surface area contributed by atoms with Crippen LogP contribution in [-0.2, 0) is 6.18 Å². The van der Waals surface area contributed by atoms with E-state index < -0.39 is 23.6 Å². The smallest absolute Gasteiger partial charge is 0.396 e. The van der Waals surface area contributed by atoms with Gasteiger partial charge in [0.2, 0.25) is 0 Å². The van der Waals surface area contributed by atoms with Crippen LogP contribution in [0.5, 0.6) is 0 Å². The molecule has 0 amide bonds. The van der Waals surface area contributed by atoms with Crippen molar-refractivity contribution in [2.75, 3.05) is 6.61 Å². The van der Waals surface area contributed by atoms with Crippen LogP contribution in [0.4, 0.5) is 17.6 Å². The Morgan fingerprint density at radius 1 is 1.29 bits per heavy atom. The number of nitrogens with two attached hydrogens (primary N) is 1. The van der Waals surface area contributed by atoms with Gasteiger partial charge >= 0.3 is 6.18 Å². The molecular weight excluding hydrogens is 262 g/mol. The van der Waals surface area contributed by atoms with Gasteiger partial charge in [-0.1, -0.05) is 0 Å². The minimum Gasteiger partial charge on any atom is -0.396 e. The van der Waals surface area contributed by atoms with Crippen LogP contribution in [0.15, 0.2) is 18.2 Å². The van der Waals surface area contributed by atoms with Gasteiger partial charge in [0.05, 0.1) is 5.56 Å². The summed E-state index contributed by atoms with van der Waals surface area (Å²) in [6, 6.07) is 1.11. The number of benzene rings is 1. The highest BCUT2D eigenvalue weighted by molar-refractivity contribution is 5.85. The molecule has 0 bridgehead atoms. The van der Waals surface area contributed by atoms with E-state index in [4.69, 9.17) is 10.8 Å². The van der Waals surface area contributed by atoms with E-state index in [9.17, 15) is 17.6 Å². The Balaban J connectivity index is 0.00000256. The van der Waals surface area contributed by atoms with Gasteiger partial charge in [0.15, 0.2) is 0 Å². The summed E-state index contributed by atoms with van der Waals surface area (Å²) in [6.07, 6.45) is -4.62. The average molecular weight is 274 g/mol. The molecule has 98 valence electrons. The summed E-state index contributed by atoms with van der Waals surface area (Å²) >= 11 is 0. The Bertz CT molecular complexity index is 370. The van der Waals surface area contributed by atoms with Crippen molar-refractivity contribution in [2.45, 2.75) is 18.6 Å². The summed E-state index contributed by atoms with van der Waals surface area (Å²) < 4.78 is 50.5. The van der Waals surface area contributed by atoms with Crippen LogP contribution in [0.25, 0.3) is 0 Å². The quantitative estimate of drug-likeness (QED) is 0.832. The first kappa shape index (κ1) is 16.1. The summed E-state index contributed by atoms with van der Waals surface area (Å²) in [6.45, 7) is -0.352. The summed E-state index contributed by atoms with van der Waals surface area (Å²) in [7, 11) is 0. The SMILES string of the molecule is Cl.N[C@H](CCO)c1cc(F)ccc1C(F)(F)F. The normalized spacial score (nSPS) is 13.1. The standard InChI is InChI=1S/C10H11F4NO.ClH/c11-6-1-2-8(10(12,13)14)7(5-6)9(15)3-4-16;/h1-2,5,9,16H,3-4,15H2;1H/t9-;/m1./s1. The summed E-state index contributed by atoms with van der Waals surface area (Å²) in [5.41, 5.74) is 4.15. The van der Waals surface area contributed by atoms with Crippen LogP contribution in [0.3, 0.4) is 0 Å². The topological polar surface area (TPSA) is 46.2 Å². The molecule has 17 heavy (non-hydrogen) atoms. The highest BCUT2D eigenvalue weighted by atomic mass is 35.5. The van der Waals surface area contributed by atoms with Gasteiger partial charge in [-0.25, -0.2) is 4.39 Å². The molecule has 1 aromatic carbocycles. The van der Waals surface area contributed by atoms with Crippen LogP contribution < -0.4 is 5.73 Å². The lowest BCUT2D eigenvalue weighted by atomic mass is 9.98. The lowest BCUT2D eigenvalue weighted by Gasteiger charge is -2.17. The molecule has 0 aliphatic heterocycles. The van der Waals surface area contributed by atoms with Gasteiger partial charge < -0.3 is 10.8 Å². The van der Waals surface area contributed by atoms with Crippen LogP contribution in [0.2, 0.25) is 0 Å². The average Bonchev–Trinajstić information content (AvgIpc) is 2.16. The van der Waals surface area contributed by atoms with Crippen molar-refractivity contribution in [3.63, 3.8) is 0 Å². The maximum Gasteiger partial charge on any atom is 0.416 e. The third-order valence-electron chi connectivity index (χ3n) is 2.16. The maximum atomic E-state index is 12.9. The molecule has 0 saturated heterocycles. The molecule has 2 nitrogen and oxygen atoms in total. The number of hydrogen-bond acceptors (Lipinski definition) is 2. The summed E-state index contributed by atoms with van der Waals surface area (Å²) in [4.78, 5) is 0. The van der Waals surface area contributed by atoms with Crippen molar-refractivity contribution in [3.05, 3.63) is 35.1 Å². The van der Waals surface area contributed by atoms with E-state index in [2.05, 4.69) is 0 Å². The highest BCUT2D eigenvalue weighted by Crippen LogP contribution is 2.35. The van der Waals surface area contributed by atoms with Crippen molar-refractivity contribution in [1.29, 1.82) is 0 Å². The fourth-order valence-corrected chi connectivity index (χ4v) is 1.39. The Labute approximate surface area is 102 Å². The third-order valence-corrected chi connectivity index (χ3v) is 2.16. The van der Waals surface area contributed by atoms with Crippen molar-refractivity contribution >= 4 is 12.4 Å². The van der Waals surface area contributed by atoms with E-state index >= 15 is 0 Å². The number of hydrogen-bond donors (Lipinski definition) is 2. The van der Waals surface area contributed by atoms with E-state index in [1.807, 2.05) is 0 Å². The molecule has 0 radical (unpaired) electrons. The van der Waals surface area contributed by atoms with E-state index in [1.165, 1.54) is 0 Å². The van der Waals surface area contributed by atoms with E-state index in [0.29, 0.717) is 6.07 Å². The molecule has 0 spiro atoms. The fourth-order valence-electron chi connectivity index (χ4n) is 1.39. The van der Waals surface area contributed by atoms with Crippen molar-refractivity contribution < 1.29 is 22.7 Å². The number of alkyl halides is 3. The van der Waals surface area contributed by atoms with Gasteiger partial charge in [-0.05, 0) is 30.2 Å². The van der Waals surface area contributed by atoms with Crippen molar-refractivity contribution in [1.82, 2.24) is 0 Å². The number of aliphatic hydroxyl groups is 1. The molecule has 3 N–H and O–H groups in total. The largest absolute Gasteiger partial charge is 0.416 e. The highest BCUT2D eigenvalue weighted by Gasteiger charge is 2.34. The lowest BCUT2D eigenvalue weighted by Crippen LogP contribution is -2.18. The first-order valence-electron chi connectivity index (χ1n) is 4.59. The predicted octanol–water partition coefficient (Wildman–Crippen LogP) is 2.65. The van der Waals surface area contributed by atoms with E-state index in [0.717, 1.165) is 12.1 Å². The van der Waals surface area contributed by atoms with E-state index in [-0.39, 0.29) is 31.0 Å². The molecule has 0 unspecified atom stereocenters. The van der Waals surface area contributed by atoms with Gasteiger partial charge in [0, 0.05) is 12.6 Å². The second kappa shape index (κ2) is 6.18. The van der Waals surface area contributed by atoms with Crippen molar-refractivity contribution in [2.24, 2.45) is 5.73 Å². The fraction of sp³-hybridized carbons (Fsp3) is 0.400. The van der Waals surface area contributed by atoms with E-state index in [1.54, 1.807) is 0 Å². The summed E-state index contributed by atoms with van der Waals surface area (Å²) in [5.74, 6) is -0.781. The molecule has 0 saturated carbocycles. The van der Waals surface area contributed by atoms with Gasteiger partial charge in [-0.3, -0.25) is 0 Å². The lowest BCUT2D eigenvalue weighted by molar-refractivity contribution is -0.138. The Morgan fingerprint density at radius 3 is 2.35 bits per heavy atom. The van der Waals surface area contributed by atoms with Gasteiger partial charge in [0.1, 0.15) is 5.82 Å². The molecule has 0 aliphatic carbocycles. The minimum atomic E-state index is -4.57. The second-order valence-electron chi connectivity index (χ2n) is 3.35. The molecule has 1 atom stereocenters. The zero-order valence-corrected chi connectivity index (χ0v) is 9.48. The van der Waals surface area contributed by atoms with Crippen molar-refractivity contribution in [3.8, 4) is 0 Å². The molecule has 0 aromatic heterocycles. The summed E-state index contributed by atoms with van der Waals surface area (Å²) in [5, 5.41) is 8.61. The number of aliphatic hydroxyl groups excluding tert-OH is 1. The molecule has 0 heterocycles. The zero-order chi connectivity index (χ0) is 12.3. The number of halogens is 5. The third kappa shape index (κ3) is 4.14. The van der Waals surface area contributed by atoms with Gasteiger partial charge in [0.25, 0.3) is 0 Å². The zero-order valence-electron chi connectivity index (χ0n) is 8.67. The van der Waals surface area contributed by atoms with Crippen LogP contribution in [-0.4, -0.2) is 11.7 Å². The number of rotatable bonds is 3. The first-order chi connectivity index (χ1) is 7.36.